The molecule has 31 heavy (non-hydrogen) atoms. The number of halogens is 3. The summed E-state index contributed by atoms with van der Waals surface area (Å²) in [6.45, 7) is 3.36. The lowest BCUT2D eigenvalue weighted by atomic mass is 10.1. The zero-order valence-corrected chi connectivity index (χ0v) is 16.9. The zero-order chi connectivity index (χ0) is 21.8. The predicted molar refractivity (Wildman–Crippen MR) is 109 cm³/mol. The van der Waals surface area contributed by atoms with E-state index < -0.39 is 17.6 Å². The Kier molecular flexibility index (Phi) is 6.26. The third kappa shape index (κ3) is 5.25. The first-order valence-corrected chi connectivity index (χ1v) is 10.3. The highest BCUT2D eigenvalue weighted by Gasteiger charge is 2.31. The molecule has 0 aliphatic carbocycles. The smallest absolute Gasteiger partial charge is 0.376 e. The number of ether oxygens (including phenoxy) is 1. The summed E-state index contributed by atoms with van der Waals surface area (Å²) < 4.78 is 44.3. The van der Waals surface area contributed by atoms with Crippen LogP contribution in [0.25, 0.3) is 0 Å². The summed E-state index contributed by atoms with van der Waals surface area (Å²) in [5, 5.41) is 11.7. The van der Waals surface area contributed by atoms with Crippen LogP contribution in [0.3, 0.4) is 0 Å². The number of alkyl halides is 3. The molecule has 2 aliphatic heterocycles. The minimum absolute atomic E-state index is 0.0461. The number of amides is 1. The van der Waals surface area contributed by atoms with E-state index in [9.17, 15) is 18.0 Å². The third-order valence-corrected chi connectivity index (χ3v) is 5.51. The quantitative estimate of drug-likeness (QED) is 0.779. The molecule has 4 rings (SSSR count). The van der Waals surface area contributed by atoms with Gasteiger partial charge in [-0.25, -0.2) is 0 Å². The van der Waals surface area contributed by atoms with Gasteiger partial charge in [-0.1, -0.05) is 6.07 Å². The number of nitrogens with one attached hydrogen (secondary N) is 1. The minimum atomic E-state index is -4.47. The molecule has 0 spiro atoms. The number of hydrogen-bond acceptors (Lipinski definition) is 6. The molecule has 1 aromatic carbocycles. The van der Waals surface area contributed by atoms with Crippen molar-refractivity contribution in [3.8, 4) is 0 Å². The van der Waals surface area contributed by atoms with Gasteiger partial charge >= 0.3 is 6.18 Å². The number of carbonyl (C=O) groups is 1. The summed E-state index contributed by atoms with van der Waals surface area (Å²) in [6, 6.07) is 8.27. The second-order valence-corrected chi connectivity index (χ2v) is 7.65. The van der Waals surface area contributed by atoms with Gasteiger partial charge in [-0.15, -0.1) is 10.2 Å². The number of nitrogens with zero attached hydrogens (tertiary/aromatic N) is 4. The van der Waals surface area contributed by atoms with Gasteiger partial charge in [0.2, 0.25) is 0 Å². The highest BCUT2D eigenvalue weighted by molar-refractivity contribution is 5.94. The molecule has 1 amide bonds. The maximum atomic E-state index is 12.9. The first-order chi connectivity index (χ1) is 14.9. The summed E-state index contributed by atoms with van der Waals surface area (Å²) in [5.74, 6) is 0.983. The van der Waals surface area contributed by atoms with Crippen LogP contribution >= 0.6 is 0 Å². The Morgan fingerprint density at radius 1 is 1.13 bits per heavy atom. The van der Waals surface area contributed by atoms with Crippen molar-refractivity contribution in [1.82, 2.24) is 15.1 Å². The van der Waals surface area contributed by atoms with Crippen LogP contribution in [0.1, 0.15) is 28.8 Å². The van der Waals surface area contributed by atoms with Gasteiger partial charge in [0.05, 0.1) is 11.7 Å². The lowest BCUT2D eigenvalue weighted by molar-refractivity contribution is -0.137. The number of hydrogen-bond donors (Lipinski definition) is 1. The van der Waals surface area contributed by atoms with E-state index in [0.29, 0.717) is 44.4 Å². The van der Waals surface area contributed by atoms with E-state index in [1.165, 1.54) is 12.1 Å². The van der Waals surface area contributed by atoms with E-state index in [2.05, 4.69) is 15.5 Å². The van der Waals surface area contributed by atoms with Crippen molar-refractivity contribution in [2.24, 2.45) is 0 Å². The fraction of sp³-hybridized carbons (Fsp3) is 0.476. The standard InChI is InChI=1S/C21H24F3N5O2/c22-21(23,24)16-4-1-3-15(13-16)20(30)29-10-8-28(9-11-29)19-7-6-18(26-27-19)25-14-17-5-2-12-31-17/h1,3-4,6-7,13,17H,2,5,8-12,14H2,(H,25,26). The molecule has 10 heteroatoms. The molecule has 0 saturated carbocycles. The van der Waals surface area contributed by atoms with Crippen LogP contribution in [-0.4, -0.2) is 66.4 Å². The Balaban J connectivity index is 1.30. The molecule has 2 fully saturated rings. The van der Waals surface area contributed by atoms with Crippen molar-refractivity contribution in [3.63, 3.8) is 0 Å². The van der Waals surface area contributed by atoms with E-state index in [4.69, 9.17) is 4.74 Å². The first kappa shape index (κ1) is 21.4. The van der Waals surface area contributed by atoms with E-state index >= 15 is 0 Å². The molecule has 7 nitrogen and oxygen atoms in total. The van der Waals surface area contributed by atoms with Crippen LogP contribution < -0.4 is 10.2 Å². The molecule has 3 heterocycles. The molecule has 0 bridgehead atoms. The fourth-order valence-corrected chi connectivity index (χ4v) is 3.76. The number of benzene rings is 1. The summed E-state index contributed by atoms with van der Waals surface area (Å²) >= 11 is 0. The highest BCUT2D eigenvalue weighted by atomic mass is 19.4. The second kappa shape index (κ2) is 9.09. The molecule has 2 saturated heterocycles. The van der Waals surface area contributed by atoms with Crippen LogP contribution in [-0.2, 0) is 10.9 Å². The number of rotatable bonds is 5. The fourth-order valence-electron chi connectivity index (χ4n) is 3.76. The van der Waals surface area contributed by atoms with Gasteiger partial charge in [-0.3, -0.25) is 4.79 Å². The molecule has 1 atom stereocenters. The normalized spacial score (nSPS) is 19.5. The van der Waals surface area contributed by atoms with Gasteiger partial charge in [-0.2, -0.15) is 13.2 Å². The van der Waals surface area contributed by atoms with E-state index in [1.807, 2.05) is 17.0 Å². The molecule has 0 radical (unpaired) electrons. The summed E-state index contributed by atoms with van der Waals surface area (Å²) in [7, 11) is 0. The third-order valence-electron chi connectivity index (χ3n) is 5.51. The van der Waals surface area contributed by atoms with Crippen LogP contribution in [0, 0.1) is 0 Å². The Morgan fingerprint density at radius 3 is 2.58 bits per heavy atom. The van der Waals surface area contributed by atoms with Crippen LogP contribution in [0.5, 0.6) is 0 Å². The number of carbonyl (C=O) groups excluding carboxylic acids is 1. The van der Waals surface area contributed by atoms with Crippen molar-refractivity contribution < 1.29 is 22.7 Å². The Bertz CT molecular complexity index is 893. The minimum Gasteiger partial charge on any atom is -0.376 e. The molecule has 2 aliphatic rings. The lowest BCUT2D eigenvalue weighted by Crippen LogP contribution is -2.49. The highest BCUT2D eigenvalue weighted by Crippen LogP contribution is 2.30. The average molecular weight is 435 g/mol. The first-order valence-electron chi connectivity index (χ1n) is 10.3. The zero-order valence-electron chi connectivity index (χ0n) is 16.9. The SMILES string of the molecule is O=C(c1cccc(C(F)(F)F)c1)N1CCN(c2ccc(NCC3CCCO3)nn2)CC1. The van der Waals surface area contributed by atoms with E-state index in [0.717, 1.165) is 31.6 Å². The molecule has 1 N–H and O–H groups in total. The van der Waals surface area contributed by atoms with Crippen molar-refractivity contribution in [1.29, 1.82) is 0 Å². The van der Waals surface area contributed by atoms with Gasteiger partial charge in [0, 0.05) is 44.9 Å². The largest absolute Gasteiger partial charge is 0.416 e. The van der Waals surface area contributed by atoms with Crippen molar-refractivity contribution in [2.45, 2.75) is 25.1 Å². The monoisotopic (exact) mass is 435 g/mol. The number of aromatic nitrogens is 2. The number of anilines is 2. The Hall–Kier alpha value is -2.88. The molecular weight excluding hydrogens is 411 g/mol. The van der Waals surface area contributed by atoms with Crippen molar-refractivity contribution in [2.75, 3.05) is 49.5 Å². The van der Waals surface area contributed by atoms with Gasteiger partial charge in [0.25, 0.3) is 5.91 Å². The molecule has 1 unspecified atom stereocenters. The number of piperazine rings is 1. The van der Waals surface area contributed by atoms with Crippen molar-refractivity contribution in [3.05, 3.63) is 47.5 Å². The predicted octanol–water partition coefficient (Wildman–Crippen LogP) is 3.05. The van der Waals surface area contributed by atoms with Gasteiger partial charge in [-0.05, 0) is 43.2 Å². The summed E-state index contributed by atoms with van der Waals surface area (Å²) in [4.78, 5) is 16.2. The average Bonchev–Trinajstić information content (AvgIpc) is 3.31. The Morgan fingerprint density at radius 2 is 1.94 bits per heavy atom. The molecule has 166 valence electrons. The van der Waals surface area contributed by atoms with Crippen LogP contribution in [0.15, 0.2) is 36.4 Å². The Labute approximate surface area is 178 Å². The van der Waals surface area contributed by atoms with Crippen LogP contribution in [0.2, 0.25) is 0 Å². The van der Waals surface area contributed by atoms with Gasteiger partial charge < -0.3 is 19.9 Å². The topological polar surface area (TPSA) is 70.6 Å². The lowest BCUT2D eigenvalue weighted by Gasteiger charge is -2.35. The van der Waals surface area contributed by atoms with E-state index in [-0.39, 0.29) is 11.7 Å². The molecular formula is C21H24F3N5O2. The molecule has 1 aromatic heterocycles. The molecule has 2 aromatic rings. The summed E-state index contributed by atoms with van der Waals surface area (Å²) in [6.07, 6.45) is -2.14. The van der Waals surface area contributed by atoms with Crippen molar-refractivity contribution >= 4 is 17.5 Å². The second-order valence-electron chi connectivity index (χ2n) is 7.65. The van der Waals surface area contributed by atoms with Crippen LogP contribution in [0.4, 0.5) is 24.8 Å². The maximum absolute atomic E-state index is 12.9. The van der Waals surface area contributed by atoms with E-state index in [1.54, 1.807) is 4.90 Å². The van der Waals surface area contributed by atoms with Gasteiger partial charge in [0.1, 0.15) is 5.82 Å². The summed E-state index contributed by atoms with van der Waals surface area (Å²) in [5.41, 5.74) is -0.773. The van der Waals surface area contributed by atoms with Gasteiger partial charge in [0.15, 0.2) is 5.82 Å². The maximum Gasteiger partial charge on any atom is 0.416 e.